The van der Waals surface area contributed by atoms with Crippen LogP contribution in [0.4, 0.5) is 19.0 Å². The second kappa shape index (κ2) is 6.36. The summed E-state index contributed by atoms with van der Waals surface area (Å²) in [5.74, 6) is 6.15. The molecule has 0 aliphatic carbocycles. The molecule has 1 aromatic rings. The van der Waals surface area contributed by atoms with E-state index in [1.54, 1.807) is 6.07 Å². The molecule has 0 atom stereocenters. The SMILES string of the molecule is CC(C)(C)c1cc(NN)nc(CCOCC(F)(F)F)n1. The van der Waals surface area contributed by atoms with E-state index in [0.717, 1.165) is 5.69 Å². The standard InChI is InChI=1S/C12H19F3N4O/c1-11(2,3)8-6-10(19-16)18-9(17-8)4-5-20-7-12(13,14)15/h6H,4-5,7,16H2,1-3H3,(H,17,18,19). The summed E-state index contributed by atoms with van der Waals surface area (Å²) in [7, 11) is 0. The zero-order valence-electron chi connectivity index (χ0n) is 11.7. The first-order valence-electron chi connectivity index (χ1n) is 6.11. The summed E-state index contributed by atoms with van der Waals surface area (Å²) in [5, 5.41) is 0. The molecule has 0 spiro atoms. The van der Waals surface area contributed by atoms with Gasteiger partial charge in [-0.1, -0.05) is 20.8 Å². The lowest BCUT2D eigenvalue weighted by Crippen LogP contribution is -2.20. The third-order valence-corrected chi connectivity index (χ3v) is 2.42. The van der Waals surface area contributed by atoms with Crippen molar-refractivity contribution in [3.05, 3.63) is 17.6 Å². The number of hydrogen-bond acceptors (Lipinski definition) is 5. The molecule has 0 saturated heterocycles. The molecule has 0 saturated carbocycles. The molecule has 0 amide bonds. The van der Waals surface area contributed by atoms with Crippen molar-refractivity contribution in [2.24, 2.45) is 5.84 Å². The lowest BCUT2D eigenvalue weighted by atomic mass is 9.92. The number of hydrogen-bond donors (Lipinski definition) is 2. The van der Waals surface area contributed by atoms with Crippen LogP contribution in [0.1, 0.15) is 32.3 Å². The Balaban J connectivity index is 2.70. The maximum Gasteiger partial charge on any atom is 0.411 e. The van der Waals surface area contributed by atoms with Gasteiger partial charge in [-0.2, -0.15) is 13.2 Å². The van der Waals surface area contributed by atoms with Crippen molar-refractivity contribution in [2.75, 3.05) is 18.6 Å². The fourth-order valence-electron chi connectivity index (χ4n) is 1.42. The van der Waals surface area contributed by atoms with Crippen molar-refractivity contribution < 1.29 is 17.9 Å². The smallest absolute Gasteiger partial charge is 0.372 e. The summed E-state index contributed by atoms with van der Waals surface area (Å²) in [6.45, 7) is 4.55. The van der Waals surface area contributed by atoms with E-state index in [2.05, 4.69) is 20.1 Å². The Bertz CT molecular complexity index is 443. The summed E-state index contributed by atoms with van der Waals surface area (Å²) in [6, 6.07) is 1.71. The van der Waals surface area contributed by atoms with Crippen LogP contribution in [-0.4, -0.2) is 29.4 Å². The van der Waals surface area contributed by atoms with Gasteiger partial charge in [-0.15, -0.1) is 0 Å². The zero-order chi connectivity index (χ0) is 15.4. The monoisotopic (exact) mass is 292 g/mol. The van der Waals surface area contributed by atoms with Crippen LogP contribution in [0.2, 0.25) is 0 Å². The normalized spacial score (nSPS) is 12.6. The number of anilines is 1. The molecule has 8 heteroatoms. The van der Waals surface area contributed by atoms with Gasteiger partial charge in [-0.25, -0.2) is 15.8 Å². The second-order valence-corrected chi connectivity index (χ2v) is 5.37. The first-order valence-corrected chi connectivity index (χ1v) is 6.11. The predicted molar refractivity (Wildman–Crippen MR) is 69.1 cm³/mol. The quantitative estimate of drug-likeness (QED) is 0.494. The number of alkyl halides is 3. The second-order valence-electron chi connectivity index (χ2n) is 5.37. The van der Waals surface area contributed by atoms with Crippen LogP contribution in [0.25, 0.3) is 0 Å². The molecule has 3 N–H and O–H groups in total. The third kappa shape index (κ3) is 5.70. The Kier molecular flexibility index (Phi) is 5.29. The number of rotatable bonds is 5. The number of hydrazine groups is 1. The van der Waals surface area contributed by atoms with Crippen LogP contribution in [0, 0.1) is 0 Å². The minimum absolute atomic E-state index is 0.100. The van der Waals surface area contributed by atoms with E-state index in [4.69, 9.17) is 5.84 Å². The van der Waals surface area contributed by atoms with E-state index >= 15 is 0 Å². The van der Waals surface area contributed by atoms with Crippen LogP contribution in [-0.2, 0) is 16.6 Å². The minimum atomic E-state index is -4.32. The Hall–Kier alpha value is -1.41. The highest BCUT2D eigenvalue weighted by molar-refractivity contribution is 5.36. The molecule has 0 bridgehead atoms. The number of aromatic nitrogens is 2. The number of halogens is 3. The highest BCUT2D eigenvalue weighted by Gasteiger charge is 2.27. The summed E-state index contributed by atoms with van der Waals surface area (Å²) in [5.41, 5.74) is 2.97. The molecule has 0 aliphatic heterocycles. The van der Waals surface area contributed by atoms with Crippen molar-refractivity contribution in [2.45, 2.75) is 38.8 Å². The van der Waals surface area contributed by atoms with Gasteiger partial charge in [0.25, 0.3) is 0 Å². The highest BCUT2D eigenvalue weighted by atomic mass is 19.4. The first kappa shape index (κ1) is 16.6. The van der Waals surface area contributed by atoms with E-state index in [9.17, 15) is 13.2 Å². The summed E-state index contributed by atoms with van der Waals surface area (Å²) in [6.07, 6.45) is -4.13. The van der Waals surface area contributed by atoms with Crippen molar-refractivity contribution in [1.29, 1.82) is 0 Å². The molecule has 0 radical (unpaired) electrons. The molecule has 0 aromatic carbocycles. The average molecular weight is 292 g/mol. The fourth-order valence-corrected chi connectivity index (χ4v) is 1.42. The number of ether oxygens (including phenoxy) is 1. The van der Waals surface area contributed by atoms with Gasteiger partial charge in [-0.05, 0) is 0 Å². The van der Waals surface area contributed by atoms with Gasteiger partial charge in [0.05, 0.1) is 12.3 Å². The molecular formula is C12H19F3N4O. The summed E-state index contributed by atoms with van der Waals surface area (Å²) >= 11 is 0. The van der Waals surface area contributed by atoms with Crippen molar-refractivity contribution >= 4 is 5.82 Å². The molecular weight excluding hydrogens is 273 g/mol. The molecule has 1 heterocycles. The molecule has 20 heavy (non-hydrogen) atoms. The lowest BCUT2D eigenvalue weighted by Gasteiger charge is -2.19. The summed E-state index contributed by atoms with van der Waals surface area (Å²) in [4.78, 5) is 8.41. The molecule has 1 rings (SSSR count). The lowest BCUT2D eigenvalue weighted by molar-refractivity contribution is -0.173. The maximum absolute atomic E-state index is 11.9. The number of nitrogens with two attached hydrogens (primary N) is 1. The zero-order valence-corrected chi connectivity index (χ0v) is 11.7. The van der Waals surface area contributed by atoms with Gasteiger partial charge in [0.2, 0.25) is 0 Å². The predicted octanol–water partition coefficient (Wildman–Crippen LogP) is 2.18. The highest BCUT2D eigenvalue weighted by Crippen LogP contribution is 2.22. The Morgan fingerprint density at radius 2 is 1.90 bits per heavy atom. The van der Waals surface area contributed by atoms with Crippen molar-refractivity contribution in [1.82, 2.24) is 9.97 Å². The van der Waals surface area contributed by atoms with Gasteiger partial charge in [0.15, 0.2) is 0 Å². The Labute approximate surface area is 115 Å². The molecule has 1 aromatic heterocycles. The van der Waals surface area contributed by atoms with Crippen LogP contribution >= 0.6 is 0 Å². The topological polar surface area (TPSA) is 73.1 Å². The van der Waals surface area contributed by atoms with Crippen LogP contribution in [0.5, 0.6) is 0 Å². The van der Waals surface area contributed by atoms with Crippen LogP contribution < -0.4 is 11.3 Å². The number of nitrogens with one attached hydrogen (secondary N) is 1. The van der Waals surface area contributed by atoms with Crippen LogP contribution in [0.3, 0.4) is 0 Å². The molecule has 0 unspecified atom stereocenters. The van der Waals surface area contributed by atoms with E-state index in [1.165, 1.54) is 0 Å². The molecule has 0 fully saturated rings. The largest absolute Gasteiger partial charge is 0.411 e. The third-order valence-electron chi connectivity index (χ3n) is 2.42. The van der Waals surface area contributed by atoms with Gasteiger partial charge in [0.1, 0.15) is 18.2 Å². The van der Waals surface area contributed by atoms with Gasteiger partial charge in [-0.3, -0.25) is 0 Å². The van der Waals surface area contributed by atoms with Gasteiger partial charge in [0, 0.05) is 17.9 Å². The van der Waals surface area contributed by atoms with E-state index in [-0.39, 0.29) is 18.4 Å². The Morgan fingerprint density at radius 1 is 1.25 bits per heavy atom. The molecule has 0 aliphatic rings. The fraction of sp³-hybridized carbons (Fsp3) is 0.667. The Morgan fingerprint density at radius 3 is 2.40 bits per heavy atom. The van der Waals surface area contributed by atoms with E-state index in [0.29, 0.717) is 11.6 Å². The van der Waals surface area contributed by atoms with Gasteiger partial charge >= 0.3 is 6.18 Å². The number of nitrogen functional groups attached to an aromatic ring is 1. The van der Waals surface area contributed by atoms with Crippen LogP contribution in [0.15, 0.2) is 6.07 Å². The summed E-state index contributed by atoms with van der Waals surface area (Å²) < 4.78 is 40.4. The maximum atomic E-state index is 11.9. The van der Waals surface area contributed by atoms with Crippen molar-refractivity contribution in [3.63, 3.8) is 0 Å². The van der Waals surface area contributed by atoms with Crippen molar-refractivity contribution in [3.8, 4) is 0 Å². The number of nitrogens with zero attached hydrogens (tertiary/aromatic N) is 2. The minimum Gasteiger partial charge on any atom is -0.372 e. The van der Waals surface area contributed by atoms with E-state index < -0.39 is 12.8 Å². The molecule has 114 valence electrons. The first-order chi connectivity index (χ1) is 9.12. The van der Waals surface area contributed by atoms with E-state index in [1.807, 2.05) is 20.8 Å². The van der Waals surface area contributed by atoms with Gasteiger partial charge < -0.3 is 10.2 Å². The average Bonchev–Trinajstić information content (AvgIpc) is 2.32. The molecule has 5 nitrogen and oxygen atoms in total.